The molecule has 6 nitrogen and oxygen atoms in total. The molecule has 3 N–H and O–H groups in total. The van der Waals surface area contributed by atoms with E-state index >= 15 is 0 Å². The lowest BCUT2D eigenvalue weighted by Crippen LogP contribution is -2.49. The zero-order valence-corrected chi connectivity index (χ0v) is 14.4. The summed E-state index contributed by atoms with van der Waals surface area (Å²) in [5, 5.41) is 2.95. The van der Waals surface area contributed by atoms with Crippen molar-refractivity contribution < 1.29 is 14.3 Å². The van der Waals surface area contributed by atoms with Crippen molar-refractivity contribution in [3.63, 3.8) is 0 Å². The van der Waals surface area contributed by atoms with Crippen molar-refractivity contribution >= 4 is 17.5 Å². The Morgan fingerprint density at radius 2 is 2.13 bits per heavy atom. The van der Waals surface area contributed by atoms with Crippen molar-refractivity contribution in [2.24, 2.45) is 0 Å². The molecular weight excluding hydrogens is 294 g/mol. The van der Waals surface area contributed by atoms with Crippen molar-refractivity contribution in [1.29, 1.82) is 0 Å². The Hall–Kier alpha value is -2.11. The van der Waals surface area contributed by atoms with E-state index in [1.165, 1.54) is 0 Å². The second kappa shape index (κ2) is 6.98. The number of ether oxygens (including phenoxy) is 2. The van der Waals surface area contributed by atoms with Crippen LogP contribution in [0.3, 0.4) is 0 Å². The van der Waals surface area contributed by atoms with Crippen LogP contribution < -0.4 is 20.7 Å². The third-order valence-corrected chi connectivity index (χ3v) is 3.71. The van der Waals surface area contributed by atoms with Gasteiger partial charge in [0.2, 0.25) is 0 Å². The van der Waals surface area contributed by atoms with Crippen molar-refractivity contribution in [2.45, 2.75) is 45.3 Å². The van der Waals surface area contributed by atoms with Gasteiger partial charge in [-0.3, -0.25) is 0 Å². The fourth-order valence-corrected chi connectivity index (χ4v) is 2.80. The number of amides is 1. The lowest BCUT2D eigenvalue weighted by molar-refractivity contribution is 0.0500. The van der Waals surface area contributed by atoms with E-state index < -0.39 is 5.60 Å². The molecule has 23 heavy (non-hydrogen) atoms. The average Bonchev–Trinajstić information content (AvgIpc) is 2.45. The van der Waals surface area contributed by atoms with Crippen molar-refractivity contribution in [1.82, 2.24) is 5.32 Å². The van der Waals surface area contributed by atoms with Gasteiger partial charge >= 0.3 is 6.09 Å². The van der Waals surface area contributed by atoms with E-state index in [1.807, 2.05) is 39.0 Å². The molecule has 2 rings (SSSR count). The maximum absolute atomic E-state index is 12.0. The number of rotatable bonds is 3. The minimum atomic E-state index is -0.491. The van der Waals surface area contributed by atoms with Crippen LogP contribution in [0.4, 0.5) is 16.2 Å². The van der Waals surface area contributed by atoms with Gasteiger partial charge in [-0.25, -0.2) is 4.79 Å². The topological polar surface area (TPSA) is 76.8 Å². The molecular formula is C17H27N3O3. The highest BCUT2D eigenvalue weighted by atomic mass is 16.6. The summed E-state index contributed by atoms with van der Waals surface area (Å²) in [7, 11) is 1.62. The molecule has 1 aromatic carbocycles. The molecule has 1 heterocycles. The zero-order chi connectivity index (χ0) is 17.0. The number of alkyl carbamates (subject to hydrolysis) is 1. The maximum Gasteiger partial charge on any atom is 0.407 e. The Balaban J connectivity index is 2.04. The summed E-state index contributed by atoms with van der Waals surface area (Å²) in [6.45, 7) is 7.19. The van der Waals surface area contributed by atoms with Crippen LogP contribution in [0.1, 0.15) is 33.6 Å². The number of para-hydroxylation sites is 1. The first-order valence-electron chi connectivity index (χ1n) is 7.97. The molecule has 1 aromatic rings. The Bertz CT molecular complexity index is 555. The number of hydrogen-bond acceptors (Lipinski definition) is 5. The molecule has 6 heteroatoms. The number of benzene rings is 1. The van der Waals surface area contributed by atoms with E-state index in [0.29, 0.717) is 18.0 Å². The first-order chi connectivity index (χ1) is 10.8. The van der Waals surface area contributed by atoms with E-state index in [9.17, 15) is 4.79 Å². The van der Waals surface area contributed by atoms with Crippen LogP contribution in [0, 0.1) is 0 Å². The van der Waals surface area contributed by atoms with Gasteiger partial charge in [-0.2, -0.15) is 0 Å². The lowest BCUT2D eigenvalue weighted by atomic mass is 10.0. The first-order valence-corrected chi connectivity index (χ1v) is 7.97. The largest absolute Gasteiger partial charge is 0.492 e. The third kappa shape index (κ3) is 4.68. The minimum Gasteiger partial charge on any atom is -0.492 e. The smallest absolute Gasteiger partial charge is 0.407 e. The molecule has 0 aromatic heterocycles. The fourth-order valence-electron chi connectivity index (χ4n) is 2.80. The molecule has 1 aliphatic rings. The van der Waals surface area contributed by atoms with Gasteiger partial charge in [-0.15, -0.1) is 0 Å². The SMILES string of the molecule is COc1c(N)cccc1N1CCCC(NC(=O)OC(C)(C)C)C1. The number of carbonyl (C=O) groups is 1. The summed E-state index contributed by atoms with van der Waals surface area (Å²) in [6.07, 6.45) is 1.54. The zero-order valence-electron chi connectivity index (χ0n) is 14.4. The Morgan fingerprint density at radius 1 is 1.39 bits per heavy atom. The highest BCUT2D eigenvalue weighted by Crippen LogP contribution is 2.35. The molecule has 1 unspecified atom stereocenters. The second-order valence-electron chi connectivity index (χ2n) is 6.83. The standard InChI is InChI=1S/C17H27N3O3/c1-17(2,3)23-16(21)19-12-7-6-10-20(11-12)14-9-5-8-13(18)15(14)22-4/h5,8-9,12H,6-7,10-11,18H2,1-4H3,(H,19,21). The minimum absolute atomic E-state index is 0.0461. The number of nitrogens with one attached hydrogen (secondary N) is 1. The summed E-state index contributed by atoms with van der Waals surface area (Å²) in [5.74, 6) is 0.686. The van der Waals surface area contributed by atoms with Crippen LogP contribution in [-0.4, -0.2) is 37.9 Å². The molecule has 0 radical (unpaired) electrons. The number of nitrogen functional groups attached to an aromatic ring is 1. The average molecular weight is 321 g/mol. The summed E-state index contributed by atoms with van der Waals surface area (Å²) in [5.41, 5.74) is 7.07. The molecule has 1 saturated heterocycles. The number of carbonyl (C=O) groups excluding carboxylic acids is 1. The lowest BCUT2D eigenvalue weighted by Gasteiger charge is -2.35. The monoisotopic (exact) mass is 321 g/mol. The molecule has 128 valence electrons. The van der Waals surface area contributed by atoms with Gasteiger partial charge in [-0.1, -0.05) is 6.07 Å². The van der Waals surface area contributed by atoms with Gasteiger partial charge in [0, 0.05) is 19.1 Å². The number of piperidine rings is 1. The highest BCUT2D eigenvalue weighted by molar-refractivity contribution is 5.71. The van der Waals surface area contributed by atoms with Crippen LogP contribution in [0.15, 0.2) is 18.2 Å². The van der Waals surface area contributed by atoms with Crippen LogP contribution in [-0.2, 0) is 4.74 Å². The third-order valence-electron chi connectivity index (χ3n) is 3.71. The summed E-state index contributed by atoms with van der Waals surface area (Å²) < 4.78 is 10.8. The second-order valence-corrected chi connectivity index (χ2v) is 6.83. The number of nitrogens with zero attached hydrogens (tertiary/aromatic N) is 1. The van der Waals surface area contributed by atoms with E-state index in [-0.39, 0.29) is 12.1 Å². The molecule has 1 amide bonds. The van der Waals surface area contributed by atoms with Gasteiger partial charge in [0.15, 0.2) is 5.75 Å². The van der Waals surface area contributed by atoms with Gasteiger partial charge in [-0.05, 0) is 45.7 Å². The fraction of sp³-hybridized carbons (Fsp3) is 0.588. The molecule has 1 fully saturated rings. The predicted octanol–water partition coefficient (Wildman–Crippen LogP) is 2.77. The summed E-state index contributed by atoms with van der Waals surface area (Å²) in [6, 6.07) is 5.77. The predicted molar refractivity (Wildman–Crippen MR) is 92.0 cm³/mol. The van der Waals surface area contributed by atoms with Crippen molar-refractivity contribution in [2.75, 3.05) is 30.8 Å². The van der Waals surface area contributed by atoms with Crippen LogP contribution in [0.5, 0.6) is 5.75 Å². The van der Waals surface area contributed by atoms with Gasteiger partial charge in [0.1, 0.15) is 5.60 Å². The quantitative estimate of drug-likeness (QED) is 0.837. The summed E-state index contributed by atoms with van der Waals surface area (Å²) in [4.78, 5) is 14.1. The van der Waals surface area contributed by atoms with Crippen molar-refractivity contribution in [3.8, 4) is 5.75 Å². The number of hydrogen-bond donors (Lipinski definition) is 2. The number of nitrogens with two attached hydrogens (primary N) is 1. The number of anilines is 2. The number of methoxy groups -OCH3 is 1. The van der Waals surface area contributed by atoms with Gasteiger partial charge in [0.05, 0.1) is 18.5 Å². The van der Waals surface area contributed by atoms with E-state index in [2.05, 4.69) is 10.2 Å². The first kappa shape index (κ1) is 17.2. The molecule has 0 spiro atoms. The van der Waals surface area contributed by atoms with Crippen molar-refractivity contribution in [3.05, 3.63) is 18.2 Å². The molecule has 0 aliphatic carbocycles. The van der Waals surface area contributed by atoms with Crippen LogP contribution in [0.25, 0.3) is 0 Å². The van der Waals surface area contributed by atoms with E-state index in [1.54, 1.807) is 7.11 Å². The van der Waals surface area contributed by atoms with Gasteiger partial charge < -0.3 is 25.4 Å². The molecule has 1 atom stereocenters. The van der Waals surface area contributed by atoms with E-state index in [0.717, 1.165) is 25.1 Å². The molecule has 0 bridgehead atoms. The maximum atomic E-state index is 12.0. The summed E-state index contributed by atoms with van der Waals surface area (Å²) >= 11 is 0. The normalized spacial score (nSPS) is 18.4. The van der Waals surface area contributed by atoms with E-state index in [4.69, 9.17) is 15.2 Å². The van der Waals surface area contributed by atoms with Crippen LogP contribution in [0.2, 0.25) is 0 Å². The van der Waals surface area contributed by atoms with Crippen LogP contribution >= 0.6 is 0 Å². The van der Waals surface area contributed by atoms with Gasteiger partial charge in [0.25, 0.3) is 0 Å². The highest BCUT2D eigenvalue weighted by Gasteiger charge is 2.26. The molecule has 1 aliphatic heterocycles. The molecule has 0 saturated carbocycles. The Labute approximate surface area is 137 Å². The Morgan fingerprint density at radius 3 is 2.78 bits per heavy atom. The Kier molecular flexibility index (Phi) is 5.23.